The highest BCUT2D eigenvalue weighted by Gasteiger charge is 2.16. The second-order valence-electron chi connectivity index (χ2n) is 5.00. The van der Waals surface area contributed by atoms with Crippen molar-refractivity contribution in [2.75, 3.05) is 11.4 Å². The number of hydrogen-bond donors (Lipinski definition) is 0. The third-order valence-corrected chi connectivity index (χ3v) is 3.40. The van der Waals surface area contributed by atoms with Gasteiger partial charge in [-0.15, -0.1) is 0 Å². The highest BCUT2D eigenvalue weighted by Crippen LogP contribution is 2.17. The molecule has 2 nitrogen and oxygen atoms in total. The predicted molar refractivity (Wildman–Crippen MR) is 83.8 cm³/mol. The van der Waals surface area contributed by atoms with Crippen LogP contribution in [-0.2, 0) is 11.2 Å². The summed E-state index contributed by atoms with van der Waals surface area (Å²) in [5, 5.41) is 0. The summed E-state index contributed by atoms with van der Waals surface area (Å²) >= 11 is 0. The Morgan fingerprint density at radius 3 is 2.38 bits per heavy atom. The van der Waals surface area contributed by atoms with Crippen LogP contribution in [0.4, 0.5) is 10.1 Å². The lowest BCUT2D eigenvalue weighted by Gasteiger charge is -2.23. The molecule has 0 fully saturated rings. The van der Waals surface area contributed by atoms with Crippen LogP contribution in [0.1, 0.15) is 25.3 Å². The smallest absolute Gasteiger partial charge is 0.231 e. The maximum absolute atomic E-state index is 13.7. The minimum Gasteiger partial charge on any atom is -0.312 e. The molecule has 0 aliphatic heterocycles. The Morgan fingerprint density at radius 1 is 1.05 bits per heavy atom. The number of para-hydroxylation sites is 1. The van der Waals surface area contributed by atoms with Gasteiger partial charge in [-0.2, -0.15) is 0 Å². The van der Waals surface area contributed by atoms with Crippen molar-refractivity contribution >= 4 is 11.6 Å². The van der Waals surface area contributed by atoms with E-state index in [-0.39, 0.29) is 18.1 Å². The van der Waals surface area contributed by atoms with Crippen LogP contribution in [0.3, 0.4) is 0 Å². The number of benzene rings is 2. The SMILES string of the molecule is CCCCN(C(=O)Cc1ccccc1F)c1ccccc1. The Balaban J connectivity index is 2.17. The van der Waals surface area contributed by atoms with Crippen LogP contribution < -0.4 is 4.90 Å². The summed E-state index contributed by atoms with van der Waals surface area (Å²) in [5.41, 5.74) is 1.31. The van der Waals surface area contributed by atoms with E-state index in [0.29, 0.717) is 12.1 Å². The Hall–Kier alpha value is -2.16. The number of anilines is 1. The second kappa shape index (κ2) is 7.58. The largest absolute Gasteiger partial charge is 0.312 e. The van der Waals surface area contributed by atoms with Gasteiger partial charge in [0.25, 0.3) is 0 Å². The molecule has 0 bridgehead atoms. The molecular weight excluding hydrogens is 265 g/mol. The van der Waals surface area contributed by atoms with Crippen LogP contribution in [0.25, 0.3) is 0 Å². The first-order chi connectivity index (χ1) is 10.2. The van der Waals surface area contributed by atoms with E-state index < -0.39 is 0 Å². The van der Waals surface area contributed by atoms with Gasteiger partial charge in [0, 0.05) is 12.2 Å². The van der Waals surface area contributed by atoms with Crippen LogP contribution >= 0.6 is 0 Å². The number of carbonyl (C=O) groups is 1. The number of rotatable bonds is 6. The van der Waals surface area contributed by atoms with Gasteiger partial charge in [-0.1, -0.05) is 49.7 Å². The molecule has 110 valence electrons. The molecule has 0 N–H and O–H groups in total. The maximum Gasteiger partial charge on any atom is 0.231 e. The number of halogens is 1. The summed E-state index contributed by atoms with van der Waals surface area (Å²) in [6.45, 7) is 2.75. The molecule has 2 rings (SSSR count). The lowest BCUT2D eigenvalue weighted by atomic mass is 10.1. The van der Waals surface area contributed by atoms with Crippen LogP contribution in [0.5, 0.6) is 0 Å². The Bertz CT molecular complexity index is 583. The molecule has 0 heterocycles. The average molecular weight is 285 g/mol. The summed E-state index contributed by atoms with van der Waals surface area (Å²) in [4.78, 5) is 14.3. The van der Waals surface area contributed by atoms with Crippen LogP contribution in [0.15, 0.2) is 54.6 Å². The van der Waals surface area contributed by atoms with Gasteiger partial charge in [0.15, 0.2) is 0 Å². The van der Waals surface area contributed by atoms with Gasteiger partial charge >= 0.3 is 0 Å². The molecule has 2 aromatic carbocycles. The Labute approximate surface area is 125 Å². The lowest BCUT2D eigenvalue weighted by Crippen LogP contribution is -2.33. The first kappa shape index (κ1) is 15.2. The average Bonchev–Trinajstić information content (AvgIpc) is 2.51. The molecule has 0 saturated carbocycles. The fourth-order valence-electron chi connectivity index (χ4n) is 2.22. The van der Waals surface area contributed by atoms with Crippen LogP contribution in [0, 0.1) is 5.82 Å². The number of unbranched alkanes of at least 4 members (excludes halogenated alkanes) is 1. The molecule has 0 radical (unpaired) electrons. The normalized spacial score (nSPS) is 10.4. The van der Waals surface area contributed by atoms with E-state index in [9.17, 15) is 9.18 Å². The van der Waals surface area contributed by atoms with Crippen molar-refractivity contribution < 1.29 is 9.18 Å². The number of carbonyl (C=O) groups excluding carboxylic acids is 1. The predicted octanol–water partition coefficient (Wildman–Crippen LogP) is 4.20. The van der Waals surface area contributed by atoms with Gasteiger partial charge in [0.2, 0.25) is 5.91 Å². The van der Waals surface area contributed by atoms with E-state index in [1.165, 1.54) is 6.07 Å². The van der Waals surface area contributed by atoms with E-state index in [1.807, 2.05) is 30.3 Å². The molecule has 0 saturated heterocycles. The van der Waals surface area contributed by atoms with E-state index in [0.717, 1.165) is 18.5 Å². The molecule has 0 spiro atoms. The van der Waals surface area contributed by atoms with Crippen molar-refractivity contribution in [3.8, 4) is 0 Å². The number of amides is 1. The van der Waals surface area contributed by atoms with E-state index in [4.69, 9.17) is 0 Å². The molecule has 1 amide bonds. The summed E-state index contributed by atoms with van der Waals surface area (Å²) in [6, 6.07) is 16.0. The van der Waals surface area contributed by atoms with Crippen molar-refractivity contribution in [2.45, 2.75) is 26.2 Å². The minimum atomic E-state index is -0.325. The summed E-state index contributed by atoms with van der Waals surface area (Å²) in [5.74, 6) is -0.394. The maximum atomic E-state index is 13.7. The third kappa shape index (κ3) is 4.15. The molecule has 0 aliphatic carbocycles. The Morgan fingerprint density at radius 2 is 1.71 bits per heavy atom. The zero-order valence-electron chi connectivity index (χ0n) is 12.3. The van der Waals surface area contributed by atoms with Crippen molar-refractivity contribution in [3.05, 3.63) is 66.0 Å². The fraction of sp³-hybridized carbons (Fsp3) is 0.278. The number of nitrogens with zero attached hydrogens (tertiary/aromatic N) is 1. The van der Waals surface area contributed by atoms with Gasteiger partial charge in [0.1, 0.15) is 5.82 Å². The zero-order chi connectivity index (χ0) is 15.1. The van der Waals surface area contributed by atoms with Gasteiger partial charge in [-0.3, -0.25) is 4.79 Å². The highest BCUT2D eigenvalue weighted by atomic mass is 19.1. The molecular formula is C18H20FNO. The summed E-state index contributed by atoms with van der Waals surface area (Å²) < 4.78 is 13.7. The van der Waals surface area contributed by atoms with Crippen molar-refractivity contribution in [1.82, 2.24) is 0 Å². The quantitative estimate of drug-likeness (QED) is 0.779. The topological polar surface area (TPSA) is 20.3 Å². The van der Waals surface area contributed by atoms with E-state index in [1.54, 1.807) is 23.1 Å². The molecule has 3 heteroatoms. The highest BCUT2D eigenvalue weighted by molar-refractivity contribution is 5.94. The van der Waals surface area contributed by atoms with E-state index in [2.05, 4.69) is 6.92 Å². The van der Waals surface area contributed by atoms with Gasteiger partial charge < -0.3 is 4.90 Å². The van der Waals surface area contributed by atoms with Crippen molar-refractivity contribution in [2.24, 2.45) is 0 Å². The standard InChI is InChI=1S/C18H20FNO/c1-2-3-13-20(16-10-5-4-6-11-16)18(21)14-15-9-7-8-12-17(15)19/h4-12H,2-3,13-14H2,1H3. The van der Waals surface area contributed by atoms with E-state index >= 15 is 0 Å². The first-order valence-corrected chi connectivity index (χ1v) is 7.31. The van der Waals surface area contributed by atoms with Gasteiger partial charge in [-0.05, 0) is 30.2 Å². The molecule has 0 aliphatic rings. The third-order valence-electron chi connectivity index (χ3n) is 3.40. The summed E-state index contributed by atoms with van der Waals surface area (Å²) in [7, 11) is 0. The monoisotopic (exact) mass is 285 g/mol. The van der Waals surface area contributed by atoms with Crippen LogP contribution in [0.2, 0.25) is 0 Å². The fourth-order valence-corrected chi connectivity index (χ4v) is 2.22. The lowest BCUT2D eigenvalue weighted by molar-refractivity contribution is -0.118. The van der Waals surface area contributed by atoms with Crippen LogP contribution in [-0.4, -0.2) is 12.5 Å². The molecule has 21 heavy (non-hydrogen) atoms. The van der Waals surface area contributed by atoms with Crippen molar-refractivity contribution in [3.63, 3.8) is 0 Å². The molecule has 2 aromatic rings. The summed E-state index contributed by atoms with van der Waals surface area (Å²) in [6.07, 6.45) is 2.03. The minimum absolute atomic E-state index is 0.0697. The first-order valence-electron chi connectivity index (χ1n) is 7.31. The number of hydrogen-bond acceptors (Lipinski definition) is 1. The Kier molecular flexibility index (Phi) is 5.50. The zero-order valence-corrected chi connectivity index (χ0v) is 12.3. The van der Waals surface area contributed by atoms with Gasteiger partial charge in [0.05, 0.1) is 6.42 Å². The second-order valence-corrected chi connectivity index (χ2v) is 5.00. The molecule has 0 atom stereocenters. The molecule has 0 aromatic heterocycles. The molecule has 0 unspecified atom stereocenters. The van der Waals surface area contributed by atoms with Crippen molar-refractivity contribution in [1.29, 1.82) is 0 Å². The van der Waals surface area contributed by atoms with Gasteiger partial charge in [-0.25, -0.2) is 4.39 Å².